The predicted molar refractivity (Wildman–Crippen MR) is 38.3 cm³/mol. The minimum atomic E-state index is -2.15. The van der Waals surface area contributed by atoms with Gasteiger partial charge in [-0.05, 0) is 12.1 Å². The van der Waals surface area contributed by atoms with Gasteiger partial charge in [0.1, 0.15) is 11.6 Å². The summed E-state index contributed by atoms with van der Waals surface area (Å²) in [5, 5.41) is 18.8. The fraction of sp³-hybridized carbons (Fsp3) is 0.143. The summed E-state index contributed by atoms with van der Waals surface area (Å²) in [6, 6.07) is 2.14. The third-order valence-corrected chi connectivity index (χ3v) is 1.44. The number of halogens is 2. The standard InChI is InChI=1S/C7H5F2NO3/c8-4-1-2-5(6(9)3-4)7(11)10(12)13/h1-3,7,11H. The van der Waals surface area contributed by atoms with E-state index in [1.807, 2.05) is 0 Å². The van der Waals surface area contributed by atoms with E-state index in [0.29, 0.717) is 6.07 Å². The van der Waals surface area contributed by atoms with Gasteiger partial charge in [0, 0.05) is 6.07 Å². The average molecular weight is 189 g/mol. The van der Waals surface area contributed by atoms with Crippen molar-refractivity contribution in [2.24, 2.45) is 0 Å². The lowest BCUT2D eigenvalue weighted by Gasteiger charge is -2.03. The Morgan fingerprint density at radius 2 is 2.08 bits per heavy atom. The molecule has 1 rings (SSSR count). The van der Waals surface area contributed by atoms with Gasteiger partial charge in [-0.25, -0.2) is 8.78 Å². The first-order valence-electron chi connectivity index (χ1n) is 3.29. The van der Waals surface area contributed by atoms with E-state index in [1.165, 1.54) is 0 Å². The smallest absolute Gasteiger partial charge is 0.329 e. The van der Waals surface area contributed by atoms with E-state index in [1.54, 1.807) is 0 Å². The Balaban J connectivity index is 3.08. The summed E-state index contributed by atoms with van der Waals surface area (Å²) in [5.74, 6) is -1.99. The van der Waals surface area contributed by atoms with Gasteiger partial charge in [0.2, 0.25) is 0 Å². The third-order valence-electron chi connectivity index (χ3n) is 1.44. The molecule has 1 unspecified atom stereocenters. The molecule has 1 aromatic carbocycles. The highest BCUT2D eigenvalue weighted by Gasteiger charge is 2.22. The molecule has 0 saturated heterocycles. The molecule has 0 spiro atoms. The van der Waals surface area contributed by atoms with E-state index in [0.717, 1.165) is 12.1 Å². The van der Waals surface area contributed by atoms with Gasteiger partial charge in [0.25, 0.3) is 0 Å². The molecular formula is C7H5F2NO3. The first-order valence-corrected chi connectivity index (χ1v) is 3.29. The second-order valence-electron chi connectivity index (χ2n) is 2.32. The molecule has 6 heteroatoms. The van der Waals surface area contributed by atoms with Crippen molar-refractivity contribution in [3.8, 4) is 0 Å². The minimum Gasteiger partial charge on any atom is -0.329 e. The van der Waals surface area contributed by atoms with E-state index in [9.17, 15) is 18.9 Å². The number of nitro groups is 1. The first-order chi connectivity index (χ1) is 6.02. The van der Waals surface area contributed by atoms with Crippen LogP contribution in [0.4, 0.5) is 8.78 Å². The lowest BCUT2D eigenvalue weighted by atomic mass is 10.2. The van der Waals surface area contributed by atoms with Gasteiger partial charge >= 0.3 is 6.23 Å². The van der Waals surface area contributed by atoms with E-state index < -0.39 is 28.3 Å². The lowest BCUT2D eigenvalue weighted by Crippen LogP contribution is -2.11. The quantitative estimate of drug-likeness (QED) is 0.432. The molecule has 0 fully saturated rings. The van der Waals surface area contributed by atoms with Crippen LogP contribution < -0.4 is 0 Å². The maximum Gasteiger partial charge on any atom is 0.342 e. The Hall–Kier alpha value is -1.56. The second kappa shape index (κ2) is 3.44. The predicted octanol–water partition coefficient (Wildman–Crippen LogP) is 1.23. The summed E-state index contributed by atoms with van der Waals surface area (Å²) >= 11 is 0. The molecule has 13 heavy (non-hydrogen) atoms. The van der Waals surface area contributed by atoms with Gasteiger partial charge in [0.15, 0.2) is 0 Å². The molecule has 0 amide bonds. The Kier molecular flexibility index (Phi) is 2.52. The number of aliphatic hydroxyl groups excluding tert-OH is 1. The molecule has 1 aromatic rings. The summed E-state index contributed by atoms with van der Waals surface area (Å²) in [7, 11) is 0. The zero-order chi connectivity index (χ0) is 10.0. The highest BCUT2D eigenvalue weighted by Crippen LogP contribution is 2.17. The summed E-state index contributed by atoms with van der Waals surface area (Å²) in [4.78, 5) is 8.96. The molecule has 1 N–H and O–H groups in total. The van der Waals surface area contributed by atoms with Crippen molar-refractivity contribution in [1.82, 2.24) is 0 Å². The van der Waals surface area contributed by atoms with Crippen LogP contribution in [0, 0.1) is 21.7 Å². The summed E-state index contributed by atoms with van der Waals surface area (Å²) in [6.07, 6.45) is -2.15. The molecule has 0 aliphatic rings. The Bertz CT molecular complexity index is 343. The Morgan fingerprint density at radius 3 is 2.54 bits per heavy atom. The summed E-state index contributed by atoms with van der Waals surface area (Å²) < 4.78 is 25.1. The van der Waals surface area contributed by atoms with E-state index in [-0.39, 0.29) is 0 Å². The summed E-state index contributed by atoms with van der Waals surface area (Å²) in [5.41, 5.74) is -0.550. The van der Waals surface area contributed by atoms with E-state index in [2.05, 4.69) is 0 Å². The van der Waals surface area contributed by atoms with E-state index >= 15 is 0 Å². The van der Waals surface area contributed by atoms with Gasteiger partial charge in [0.05, 0.1) is 10.5 Å². The van der Waals surface area contributed by atoms with Gasteiger partial charge < -0.3 is 5.11 Å². The van der Waals surface area contributed by atoms with Crippen LogP contribution in [-0.2, 0) is 0 Å². The number of nitrogens with zero attached hydrogens (tertiary/aromatic N) is 1. The van der Waals surface area contributed by atoms with Gasteiger partial charge in [-0.3, -0.25) is 10.1 Å². The normalized spacial score (nSPS) is 12.5. The van der Waals surface area contributed by atoms with Crippen molar-refractivity contribution >= 4 is 0 Å². The summed E-state index contributed by atoms with van der Waals surface area (Å²) in [6.45, 7) is 0. The van der Waals surface area contributed by atoms with Crippen LogP contribution in [0.25, 0.3) is 0 Å². The molecule has 0 aliphatic heterocycles. The number of rotatable bonds is 2. The molecule has 0 heterocycles. The maximum atomic E-state index is 12.8. The van der Waals surface area contributed by atoms with Gasteiger partial charge in [-0.15, -0.1) is 0 Å². The van der Waals surface area contributed by atoms with Gasteiger partial charge in [-0.2, -0.15) is 0 Å². The van der Waals surface area contributed by atoms with Crippen LogP contribution in [0.2, 0.25) is 0 Å². The largest absolute Gasteiger partial charge is 0.342 e. The van der Waals surface area contributed by atoms with Crippen molar-refractivity contribution in [3.63, 3.8) is 0 Å². The third kappa shape index (κ3) is 1.97. The molecular weight excluding hydrogens is 184 g/mol. The number of benzene rings is 1. The van der Waals surface area contributed by atoms with Crippen LogP contribution >= 0.6 is 0 Å². The topological polar surface area (TPSA) is 63.4 Å². The van der Waals surface area contributed by atoms with Crippen molar-refractivity contribution in [3.05, 3.63) is 45.5 Å². The first kappa shape index (κ1) is 9.53. The molecule has 0 aliphatic carbocycles. The molecule has 0 saturated carbocycles. The zero-order valence-corrected chi connectivity index (χ0v) is 6.28. The van der Waals surface area contributed by atoms with Crippen LogP contribution in [0.5, 0.6) is 0 Å². The van der Waals surface area contributed by atoms with Crippen molar-refractivity contribution in [2.75, 3.05) is 0 Å². The van der Waals surface area contributed by atoms with Crippen LogP contribution in [0.3, 0.4) is 0 Å². The fourth-order valence-electron chi connectivity index (χ4n) is 0.824. The number of aliphatic hydroxyl groups is 1. The molecule has 70 valence electrons. The minimum absolute atomic E-state index is 0.474. The van der Waals surface area contributed by atoms with Gasteiger partial charge in [-0.1, -0.05) is 0 Å². The van der Waals surface area contributed by atoms with Crippen molar-refractivity contribution in [2.45, 2.75) is 6.23 Å². The average Bonchev–Trinajstić information content (AvgIpc) is 2.03. The number of hydrogen-bond acceptors (Lipinski definition) is 3. The number of hydrogen-bond donors (Lipinski definition) is 1. The molecule has 0 aromatic heterocycles. The Morgan fingerprint density at radius 1 is 1.46 bits per heavy atom. The SMILES string of the molecule is O=[N+]([O-])C(O)c1ccc(F)cc1F. The highest BCUT2D eigenvalue weighted by molar-refractivity contribution is 5.19. The van der Waals surface area contributed by atoms with Crippen LogP contribution in [0.1, 0.15) is 11.8 Å². The molecule has 1 atom stereocenters. The second-order valence-corrected chi connectivity index (χ2v) is 2.32. The van der Waals surface area contributed by atoms with Crippen molar-refractivity contribution < 1.29 is 18.8 Å². The highest BCUT2D eigenvalue weighted by atomic mass is 19.1. The molecule has 4 nitrogen and oxygen atoms in total. The monoisotopic (exact) mass is 189 g/mol. The molecule has 0 bridgehead atoms. The zero-order valence-electron chi connectivity index (χ0n) is 6.28. The maximum absolute atomic E-state index is 12.8. The van der Waals surface area contributed by atoms with Crippen molar-refractivity contribution in [1.29, 1.82) is 0 Å². The Labute approximate surface area is 71.6 Å². The fourth-order valence-corrected chi connectivity index (χ4v) is 0.824. The van der Waals surface area contributed by atoms with Crippen LogP contribution in [-0.4, -0.2) is 10.0 Å². The lowest BCUT2D eigenvalue weighted by molar-refractivity contribution is -0.578. The van der Waals surface area contributed by atoms with E-state index in [4.69, 9.17) is 5.11 Å². The van der Waals surface area contributed by atoms with Crippen LogP contribution in [0.15, 0.2) is 18.2 Å². The molecule has 0 radical (unpaired) electrons.